The van der Waals surface area contributed by atoms with Gasteiger partial charge < -0.3 is 9.84 Å². The molecule has 0 radical (unpaired) electrons. The predicted octanol–water partition coefficient (Wildman–Crippen LogP) is 0.266. The van der Waals surface area contributed by atoms with Crippen molar-refractivity contribution in [3.8, 4) is 0 Å². The van der Waals surface area contributed by atoms with Crippen LogP contribution in [0.1, 0.15) is 0 Å². The number of ether oxygens (including phenoxy) is 1. The number of epoxide rings is 1. The van der Waals surface area contributed by atoms with Crippen LogP contribution >= 0.6 is 0 Å². The molecular formula is C3H3F3O2. The van der Waals surface area contributed by atoms with Crippen LogP contribution in [0.4, 0.5) is 13.2 Å². The minimum absolute atomic E-state index is 1.62. The van der Waals surface area contributed by atoms with E-state index in [9.17, 15) is 13.2 Å². The topological polar surface area (TPSA) is 32.8 Å². The Kier molecular flexibility index (Phi) is 0.989. The standard InChI is InChI=1S/C3H3F3O2/c4-3(5,6)1-2(7)8-1/h1-2,7H/t1-,2?/m0/s1. The Morgan fingerprint density at radius 2 is 1.75 bits per heavy atom. The lowest BCUT2D eigenvalue weighted by atomic mass is 10.4. The minimum Gasteiger partial charge on any atom is -0.366 e. The Balaban J connectivity index is 2.39. The van der Waals surface area contributed by atoms with Crippen molar-refractivity contribution in [1.82, 2.24) is 0 Å². The molecule has 1 rings (SSSR count). The molecule has 0 spiro atoms. The van der Waals surface area contributed by atoms with Gasteiger partial charge in [0.25, 0.3) is 0 Å². The first-order valence-electron chi connectivity index (χ1n) is 1.92. The van der Waals surface area contributed by atoms with Crippen LogP contribution in [0.25, 0.3) is 0 Å². The van der Waals surface area contributed by atoms with Gasteiger partial charge in [-0.05, 0) is 0 Å². The summed E-state index contributed by atoms with van der Waals surface area (Å²) >= 11 is 0. The van der Waals surface area contributed by atoms with E-state index in [2.05, 4.69) is 4.74 Å². The average molecular weight is 128 g/mol. The van der Waals surface area contributed by atoms with E-state index in [1.807, 2.05) is 0 Å². The van der Waals surface area contributed by atoms with E-state index in [0.29, 0.717) is 0 Å². The fraction of sp³-hybridized carbons (Fsp3) is 1.00. The molecule has 1 N–H and O–H groups in total. The van der Waals surface area contributed by atoms with Gasteiger partial charge in [-0.1, -0.05) is 0 Å². The maximum atomic E-state index is 11.2. The Morgan fingerprint density at radius 1 is 1.38 bits per heavy atom. The van der Waals surface area contributed by atoms with Gasteiger partial charge in [-0.2, -0.15) is 13.2 Å². The Morgan fingerprint density at radius 3 is 1.75 bits per heavy atom. The van der Waals surface area contributed by atoms with Crippen molar-refractivity contribution >= 4 is 0 Å². The second-order valence-electron chi connectivity index (χ2n) is 1.49. The summed E-state index contributed by atoms with van der Waals surface area (Å²) in [7, 11) is 0. The lowest BCUT2D eigenvalue weighted by Gasteiger charge is -1.96. The number of hydrogen-bond donors (Lipinski definition) is 1. The maximum Gasteiger partial charge on any atom is 0.419 e. The van der Waals surface area contributed by atoms with Crippen LogP contribution in [0.3, 0.4) is 0 Å². The van der Waals surface area contributed by atoms with E-state index in [1.54, 1.807) is 0 Å². The monoisotopic (exact) mass is 128 g/mol. The van der Waals surface area contributed by atoms with Gasteiger partial charge in [0.05, 0.1) is 0 Å². The van der Waals surface area contributed by atoms with Crippen molar-refractivity contribution in [3.05, 3.63) is 0 Å². The van der Waals surface area contributed by atoms with E-state index < -0.39 is 18.6 Å². The molecule has 1 aliphatic rings. The molecule has 1 fully saturated rings. The Hall–Kier alpha value is -0.290. The third-order valence-corrected chi connectivity index (χ3v) is 0.791. The van der Waals surface area contributed by atoms with Gasteiger partial charge in [0.15, 0.2) is 6.29 Å². The highest BCUT2D eigenvalue weighted by Gasteiger charge is 2.57. The minimum atomic E-state index is -4.39. The second kappa shape index (κ2) is 1.35. The van der Waals surface area contributed by atoms with Gasteiger partial charge in [-0.15, -0.1) is 0 Å². The van der Waals surface area contributed by atoms with E-state index >= 15 is 0 Å². The van der Waals surface area contributed by atoms with E-state index in [-0.39, 0.29) is 0 Å². The number of halogens is 3. The first kappa shape index (κ1) is 5.84. The molecule has 1 unspecified atom stereocenters. The smallest absolute Gasteiger partial charge is 0.366 e. The van der Waals surface area contributed by atoms with Crippen LogP contribution in [0, 0.1) is 0 Å². The summed E-state index contributed by atoms with van der Waals surface area (Å²) in [4.78, 5) is 0. The van der Waals surface area contributed by atoms with Crippen molar-refractivity contribution in [3.63, 3.8) is 0 Å². The van der Waals surface area contributed by atoms with Crippen LogP contribution in [-0.2, 0) is 4.74 Å². The summed E-state index contributed by atoms with van der Waals surface area (Å²) in [6.07, 6.45) is -7.93. The van der Waals surface area contributed by atoms with E-state index in [4.69, 9.17) is 5.11 Å². The second-order valence-corrected chi connectivity index (χ2v) is 1.49. The Labute approximate surface area is 42.9 Å². The number of rotatable bonds is 0. The van der Waals surface area contributed by atoms with Crippen molar-refractivity contribution in [2.24, 2.45) is 0 Å². The van der Waals surface area contributed by atoms with Crippen LogP contribution in [0.2, 0.25) is 0 Å². The van der Waals surface area contributed by atoms with Crippen LogP contribution in [0.5, 0.6) is 0 Å². The SMILES string of the molecule is OC1O[C@@H]1C(F)(F)F. The molecule has 48 valence electrons. The highest BCUT2D eigenvalue weighted by molar-refractivity contribution is 4.82. The van der Waals surface area contributed by atoms with Gasteiger partial charge >= 0.3 is 6.18 Å². The largest absolute Gasteiger partial charge is 0.419 e. The number of alkyl halides is 3. The normalized spacial score (nSPS) is 37.5. The molecule has 0 aromatic carbocycles. The van der Waals surface area contributed by atoms with Gasteiger partial charge in [0.1, 0.15) is 0 Å². The number of aliphatic hydroxyl groups excluding tert-OH is 1. The van der Waals surface area contributed by atoms with Gasteiger partial charge in [-0.25, -0.2) is 0 Å². The summed E-state index contributed by atoms with van der Waals surface area (Å²) in [5.41, 5.74) is 0. The summed E-state index contributed by atoms with van der Waals surface area (Å²) in [5.74, 6) is 0. The summed E-state index contributed by atoms with van der Waals surface area (Å²) in [5, 5.41) is 8.02. The lowest BCUT2D eigenvalue weighted by Crippen LogP contribution is -2.18. The summed E-state index contributed by atoms with van der Waals surface area (Å²) < 4.78 is 37.3. The molecule has 1 aliphatic heterocycles. The average Bonchev–Trinajstić information content (AvgIpc) is 2.13. The molecule has 0 amide bonds. The molecule has 0 saturated carbocycles. The molecule has 5 heteroatoms. The molecule has 0 aromatic heterocycles. The van der Waals surface area contributed by atoms with Crippen molar-refractivity contribution in [2.75, 3.05) is 0 Å². The van der Waals surface area contributed by atoms with E-state index in [1.165, 1.54) is 0 Å². The molecule has 8 heavy (non-hydrogen) atoms. The molecule has 2 atom stereocenters. The van der Waals surface area contributed by atoms with Crippen molar-refractivity contribution in [2.45, 2.75) is 18.6 Å². The molecule has 1 saturated heterocycles. The van der Waals surface area contributed by atoms with Gasteiger partial charge in [-0.3, -0.25) is 0 Å². The summed E-state index contributed by atoms with van der Waals surface area (Å²) in [6, 6.07) is 0. The predicted molar refractivity (Wildman–Crippen MR) is 16.9 cm³/mol. The first-order chi connectivity index (χ1) is 3.52. The molecule has 0 bridgehead atoms. The zero-order valence-corrected chi connectivity index (χ0v) is 3.64. The van der Waals surface area contributed by atoms with Crippen LogP contribution in [-0.4, -0.2) is 23.7 Å². The fourth-order valence-corrected chi connectivity index (χ4v) is 0.344. The summed E-state index contributed by atoms with van der Waals surface area (Å²) in [6.45, 7) is 0. The van der Waals surface area contributed by atoms with Crippen molar-refractivity contribution in [1.29, 1.82) is 0 Å². The fourth-order valence-electron chi connectivity index (χ4n) is 0.344. The van der Waals surface area contributed by atoms with E-state index in [0.717, 1.165) is 0 Å². The first-order valence-corrected chi connectivity index (χ1v) is 1.92. The van der Waals surface area contributed by atoms with Gasteiger partial charge in [0, 0.05) is 0 Å². The maximum absolute atomic E-state index is 11.2. The third-order valence-electron chi connectivity index (χ3n) is 0.791. The van der Waals surface area contributed by atoms with Gasteiger partial charge in [0.2, 0.25) is 6.10 Å². The van der Waals surface area contributed by atoms with Crippen LogP contribution < -0.4 is 0 Å². The quantitative estimate of drug-likeness (QED) is 0.475. The molecule has 0 aliphatic carbocycles. The molecule has 1 heterocycles. The Bertz CT molecular complexity index is 99.2. The van der Waals surface area contributed by atoms with Crippen LogP contribution in [0.15, 0.2) is 0 Å². The number of hydrogen-bond acceptors (Lipinski definition) is 2. The highest BCUT2D eigenvalue weighted by Crippen LogP contribution is 2.35. The molecule has 2 nitrogen and oxygen atoms in total. The zero-order valence-electron chi connectivity index (χ0n) is 3.64. The molecular weight excluding hydrogens is 125 g/mol. The third kappa shape index (κ3) is 0.924. The molecule has 0 aromatic rings. The van der Waals surface area contributed by atoms with Crippen molar-refractivity contribution < 1.29 is 23.0 Å². The zero-order chi connectivity index (χ0) is 6.36. The number of aliphatic hydroxyl groups is 1. The highest BCUT2D eigenvalue weighted by atomic mass is 19.4. The lowest BCUT2D eigenvalue weighted by molar-refractivity contribution is -0.147.